The van der Waals surface area contributed by atoms with Crippen molar-refractivity contribution in [3.05, 3.63) is 90.0 Å². The summed E-state index contributed by atoms with van der Waals surface area (Å²) in [6, 6.07) is 12.3. The van der Waals surface area contributed by atoms with Crippen LogP contribution in [0.4, 0.5) is 9.59 Å². The number of imidazole rings is 1. The first-order valence-corrected chi connectivity index (χ1v) is 18.4. The summed E-state index contributed by atoms with van der Waals surface area (Å²) in [5.74, 6) is -4.08. The fraction of sp³-hybridized carbons (Fsp3) is 0.436. The number of alkyl carbamates (subject to hydrolysis) is 2. The van der Waals surface area contributed by atoms with Crippen LogP contribution in [0.25, 0.3) is 0 Å². The van der Waals surface area contributed by atoms with Crippen molar-refractivity contribution in [1.29, 1.82) is 0 Å². The van der Waals surface area contributed by atoms with Gasteiger partial charge >= 0.3 is 18.2 Å². The Morgan fingerprint density at radius 2 is 1.33 bits per heavy atom. The number of nitrogens with two attached hydrogens (primary N) is 1. The van der Waals surface area contributed by atoms with Gasteiger partial charge in [0, 0.05) is 31.3 Å². The molecule has 0 radical (unpaired) electrons. The first-order chi connectivity index (χ1) is 27.1. The molecular weight excluding hydrogens is 740 g/mol. The molecule has 0 aliphatic carbocycles. The number of unbranched alkanes of at least 4 members (excludes halogenated alkanes) is 1. The Morgan fingerprint density at radius 1 is 0.737 bits per heavy atom. The van der Waals surface area contributed by atoms with Gasteiger partial charge < -0.3 is 51.5 Å². The molecule has 3 rings (SSSR count). The molecule has 0 aliphatic rings. The predicted molar refractivity (Wildman–Crippen MR) is 206 cm³/mol. The van der Waals surface area contributed by atoms with E-state index in [2.05, 4.69) is 36.6 Å². The van der Waals surface area contributed by atoms with Gasteiger partial charge in [-0.3, -0.25) is 19.2 Å². The Kier molecular flexibility index (Phi) is 18.0. The topological polar surface area (TPSA) is 262 Å². The summed E-state index contributed by atoms with van der Waals surface area (Å²) in [7, 11) is 1.18. The number of carbonyl (C=O) groups excluding carboxylic acids is 7. The average molecular weight is 793 g/mol. The van der Waals surface area contributed by atoms with Crippen molar-refractivity contribution < 1.29 is 47.8 Å². The van der Waals surface area contributed by atoms with E-state index in [-0.39, 0.29) is 38.8 Å². The van der Waals surface area contributed by atoms with Gasteiger partial charge in [0.25, 0.3) is 0 Å². The fourth-order valence-corrected chi connectivity index (χ4v) is 5.39. The van der Waals surface area contributed by atoms with Gasteiger partial charge in [0.15, 0.2) is 0 Å². The van der Waals surface area contributed by atoms with Crippen LogP contribution < -0.4 is 32.3 Å². The Balaban J connectivity index is 1.82. The van der Waals surface area contributed by atoms with Gasteiger partial charge in [-0.15, -0.1) is 0 Å². The van der Waals surface area contributed by atoms with Crippen LogP contribution in [-0.4, -0.2) is 95.2 Å². The predicted octanol–water partition coefficient (Wildman–Crippen LogP) is 1.69. The van der Waals surface area contributed by atoms with Gasteiger partial charge in [0.1, 0.15) is 36.4 Å². The summed E-state index contributed by atoms with van der Waals surface area (Å²) >= 11 is 0. The molecule has 6 amide bonds. The second-order valence-corrected chi connectivity index (χ2v) is 14.0. The smallest absolute Gasteiger partial charge is 0.408 e. The van der Waals surface area contributed by atoms with Crippen LogP contribution in [0, 0.1) is 0 Å². The number of nitrogens with one attached hydrogen (secondary N) is 6. The molecule has 0 fully saturated rings. The minimum absolute atomic E-state index is 0.000394. The first kappa shape index (κ1) is 44.9. The SMILES string of the molecule is COC(=O)[C@H](Cc1cnc[nH]1)NC(=O)[C@H](Cc1ccccc1)NC(=O)[C@H](CCCCNC(=O)OC(C)(C)C)NC(=O)[C@H](CC(N)=O)NC(=O)OCc1ccccc1. The molecule has 3 aromatic rings. The molecule has 0 aliphatic heterocycles. The number of nitrogens with zero attached hydrogens (tertiary/aromatic N) is 1. The third kappa shape index (κ3) is 17.3. The number of ether oxygens (including phenoxy) is 3. The van der Waals surface area contributed by atoms with E-state index < -0.39 is 78.0 Å². The Hall–Kier alpha value is -6.46. The van der Waals surface area contributed by atoms with Crippen molar-refractivity contribution in [3.63, 3.8) is 0 Å². The maximum atomic E-state index is 14.1. The highest BCUT2D eigenvalue weighted by Crippen LogP contribution is 2.10. The molecule has 18 nitrogen and oxygen atoms in total. The van der Waals surface area contributed by atoms with Crippen molar-refractivity contribution >= 4 is 41.8 Å². The largest absolute Gasteiger partial charge is 0.467 e. The lowest BCUT2D eigenvalue weighted by Crippen LogP contribution is -2.58. The number of amides is 6. The molecule has 0 saturated carbocycles. The minimum atomic E-state index is -1.53. The summed E-state index contributed by atoms with van der Waals surface area (Å²) < 4.78 is 15.4. The average Bonchev–Trinajstić information content (AvgIpc) is 3.68. The van der Waals surface area contributed by atoms with Crippen molar-refractivity contribution in [2.24, 2.45) is 5.73 Å². The van der Waals surface area contributed by atoms with Gasteiger partial charge in [-0.05, 0) is 51.2 Å². The lowest BCUT2D eigenvalue weighted by atomic mass is 10.0. The lowest BCUT2D eigenvalue weighted by Gasteiger charge is -2.26. The lowest BCUT2D eigenvalue weighted by molar-refractivity contribution is -0.145. The summed E-state index contributed by atoms with van der Waals surface area (Å²) in [6.07, 6.45) is 1.31. The van der Waals surface area contributed by atoms with Crippen LogP contribution in [0.15, 0.2) is 73.2 Å². The molecule has 57 heavy (non-hydrogen) atoms. The van der Waals surface area contributed by atoms with Gasteiger partial charge in [-0.1, -0.05) is 60.7 Å². The number of carbonyl (C=O) groups is 7. The standard InChI is InChI=1S/C39H52N8O10/c1-39(2,3)57-37(53)42-18-12-11-17-28(44-35(51)30(21-32(40)48)47-38(54)56-23-26-15-9-6-10-16-26)33(49)45-29(19-25-13-7-5-8-14-25)34(50)46-31(36(52)55-4)20-27-22-41-24-43-27/h5-10,13-16,22,24,28-31H,11-12,17-21,23H2,1-4H3,(H2,40,48)(H,41,43)(H,42,53)(H,44,51)(H,45,49)(H,46,50)(H,47,54)/t28-,29-,30-,31-/m0/s1. The molecule has 18 heteroatoms. The van der Waals surface area contributed by atoms with Gasteiger partial charge in [-0.25, -0.2) is 19.4 Å². The molecule has 2 aromatic carbocycles. The highest BCUT2D eigenvalue weighted by atomic mass is 16.6. The Morgan fingerprint density at radius 3 is 1.93 bits per heavy atom. The van der Waals surface area contributed by atoms with E-state index in [9.17, 15) is 33.6 Å². The number of hydrogen-bond donors (Lipinski definition) is 7. The number of aromatic nitrogens is 2. The van der Waals surface area contributed by atoms with Crippen LogP contribution in [0.5, 0.6) is 0 Å². The molecule has 0 saturated heterocycles. The second-order valence-electron chi connectivity index (χ2n) is 14.0. The van der Waals surface area contributed by atoms with Crippen molar-refractivity contribution in [2.45, 2.75) is 95.7 Å². The number of rotatable bonds is 21. The molecule has 308 valence electrons. The van der Waals surface area contributed by atoms with E-state index in [0.29, 0.717) is 23.2 Å². The molecule has 1 heterocycles. The van der Waals surface area contributed by atoms with E-state index in [1.807, 2.05) is 0 Å². The van der Waals surface area contributed by atoms with E-state index in [1.54, 1.807) is 81.4 Å². The van der Waals surface area contributed by atoms with Crippen LogP contribution in [0.1, 0.15) is 63.3 Å². The molecule has 0 spiro atoms. The summed E-state index contributed by atoms with van der Waals surface area (Å²) in [5, 5.41) is 12.9. The molecular formula is C39H52N8O10. The third-order valence-corrected chi connectivity index (χ3v) is 8.14. The van der Waals surface area contributed by atoms with Crippen molar-refractivity contribution in [3.8, 4) is 0 Å². The highest BCUT2D eigenvalue weighted by Gasteiger charge is 2.32. The molecule has 8 N–H and O–H groups in total. The highest BCUT2D eigenvalue weighted by molar-refractivity contribution is 5.96. The summed E-state index contributed by atoms with van der Waals surface area (Å²) in [4.78, 5) is 97.9. The Labute approximate surface area is 330 Å². The number of primary amides is 1. The fourth-order valence-electron chi connectivity index (χ4n) is 5.39. The first-order valence-electron chi connectivity index (χ1n) is 18.4. The molecule has 0 unspecified atom stereocenters. The van der Waals surface area contributed by atoms with Gasteiger partial charge in [-0.2, -0.15) is 0 Å². The van der Waals surface area contributed by atoms with Crippen LogP contribution >= 0.6 is 0 Å². The monoisotopic (exact) mass is 792 g/mol. The number of esters is 1. The van der Waals surface area contributed by atoms with Gasteiger partial charge in [0.05, 0.1) is 19.9 Å². The zero-order chi connectivity index (χ0) is 41.8. The van der Waals surface area contributed by atoms with Crippen LogP contribution in [-0.2, 0) is 57.6 Å². The minimum Gasteiger partial charge on any atom is -0.467 e. The van der Waals surface area contributed by atoms with Crippen molar-refractivity contribution in [1.82, 2.24) is 36.6 Å². The van der Waals surface area contributed by atoms with Crippen molar-refractivity contribution in [2.75, 3.05) is 13.7 Å². The maximum absolute atomic E-state index is 14.1. The number of aromatic amines is 1. The maximum Gasteiger partial charge on any atom is 0.408 e. The Bertz CT molecular complexity index is 1770. The summed E-state index contributed by atoms with van der Waals surface area (Å²) in [6.45, 7) is 5.23. The van der Waals surface area contributed by atoms with E-state index >= 15 is 0 Å². The number of methoxy groups -OCH3 is 1. The zero-order valence-corrected chi connectivity index (χ0v) is 32.5. The molecule has 0 bridgehead atoms. The van der Waals surface area contributed by atoms with E-state index in [1.165, 1.54) is 19.6 Å². The summed E-state index contributed by atoms with van der Waals surface area (Å²) in [5.41, 5.74) is 6.59. The normalized spacial score (nSPS) is 13.1. The quantitative estimate of drug-likeness (QED) is 0.0464. The number of H-pyrrole nitrogens is 1. The number of benzene rings is 2. The van der Waals surface area contributed by atoms with Crippen LogP contribution in [0.3, 0.4) is 0 Å². The zero-order valence-electron chi connectivity index (χ0n) is 32.5. The van der Waals surface area contributed by atoms with E-state index in [0.717, 1.165) is 0 Å². The second kappa shape index (κ2) is 22.8. The molecule has 1 aromatic heterocycles. The van der Waals surface area contributed by atoms with Crippen LogP contribution in [0.2, 0.25) is 0 Å². The molecule has 4 atom stereocenters. The third-order valence-electron chi connectivity index (χ3n) is 8.14. The van der Waals surface area contributed by atoms with Gasteiger partial charge in [0.2, 0.25) is 23.6 Å². The number of hydrogen-bond acceptors (Lipinski definition) is 11. The van der Waals surface area contributed by atoms with E-state index in [4.69, 9.17) is 19.9 Å².